The molecular weight excluding hydrogens is 244 g/mol. The van der Waals surface area contributed by atoms with Crippen LogP contribution in [0, 0.1) is 5.92 Å². The molecule has 1 atom stereocenters. The highest BCUT2D eigenvalue weighted by Gasteiger charge is 2.38. The number of esters is 1. The van der Waals surface area contributed by atoms with Gasteiger partial charge < -0.3 is 9.26 Å². The van der Waals surface area contributed by atoms with Crippen LogP contribution in [0.25, 0.3) is 0 Å². The van der Waals surface area contributed by atoms with E-state index < -0.39 is 5.92 Å². The molecule has 5 heteroatoms. The van der Waals surface area contributed by atoms with Gasteiger partial charge in [0.1, 0.15) is 5.92 Å². The van der Waals surface area contributed by atoms with Gasteiger partial charge >= 0.3 is 5.97 Å². The Hall–Kier alpha value is -1.39. The second kappa shape index (κ2) is 5.31. The molecule has 1 aromatic rings. The molecule has 1 fully saturated rings. The SMILES string of the molecule is COC(=O)C(c1nc(C(C)(C)C)no1)C1CCCC1. The highest BCUT2D eigenvalue weighted by Crippen LogP contribution is 2.38. The average molecular weight is 266 g/mol. The van der Waals surface area contributed by atoms with Crippen LogP contribution in [-0.4, -0.2) is 23.2 Å². The minimum atomic E-state index is -0.406. The van der Waals surface area contributed by atoms with Crippen LogP contribution in [0.3, 0.4) is 0 Å². The maximum Gasteiger partial charge on any atom is 0.318 e. The maximum atomic E-state index is 12.0. The summed E-state index contributed by atoms with van der Waals surface area (Å²) >= 11 is 0. The summed E-state index contributed by atoms with van der Waals surface area (Å²) in [5.74, 6) is 0.630. The van der Waals surface area contributed by atoms with Gasteiger partial charge in [-0.15, -0.1) is 0 Å². The van der Waals surface area contributed by atoms with Crippen LogP contribution in [0.15, 0.2) is 4.52 Å². The number of methoxy groups -OCH3 is 1. The first-order valence-electron chi connectivity index (χ1n) is 6.85. The summed E-state index contributed by atoms with van der Waals surface area (Å²) in [7, 11) is 1.41. The zero-order valence-corrected chi connectivity index (χ0v) is 12.1. The van der Waals surface area contributed by atoms with Crippen LogP contribution in [0.4, 0.5) is 0 Å². The van der Waals surface area contributed by atoms with Crippen molar-refractivity contribution in [3.8, 4) is 0 Å². The molecule has 0 aromatic carbocycles. The fraction of sp³-hybridized carbons (Fsp3) is 0.786. The summed E-state index contributed by atoms with van der Waals surface area (Å²) in [5.41, 5.74) is -0.182. The zero-order valence-electron chi connectivity index (χ0n) is 12.1. The normalized spacial score (nSPS) is 18.5. The molecule has 2 rings (SSSR count). The van der Waals surface area contributed by atoms with E-state index in [0.717, 1.165) is 25.7 Å². The van der Waals surface area contributed by atoms with Crippen molar-refractivity contribution in [2.45, 2.75) is 57.8 Å². The van der Waals surface area contributed by atoms with E-state index in [1.54, 1.807) is 0 Å². The lowest BCUT2D eigenvalue weighted by molar-refractivity contribution is -0.144. The third kappa shape index (κ3) is 2.96. The van der Waals surface area contributed by atoms with E-state index in [1.165, 1.54) is 7.11 Å². The van der Waals surface area contributed by atoms with Crippen molar-refractivity contribution in [2.24, 2.45) is 5.92 Å². The molecule has 0 saturated heterocycles. The first-order chi connectivity index (χ1) is 8.93. The molecule has 1 saturated carbocycles. The van der Waals surface area contributed by atoms with E-state index in [4.69, 9.17) is 9.26 Å². The lowest BCUT2D eigenvalue weighted by Gasteiger charge is -2.17. The Balaban J connectivity index is 2.27. The van der Waals surface area contributed by atoms with Crippen molar-refractivity contribution < 1.29 is 14.1 Å². The predicted octanol–water partition coefficient (Wildman–Crippen LogP) is 2.81. The largest absolute Gasteiger partial charge is 0.468 e. The van der Waals surface area contributed by atoms with Crippen LogP contribution < -0.4 is 0 Å². The van der Waals surface area contributed by atoms with E-state index in [9.17, 15) is 4.79 Å². The maximum absolute atomic E-state index is 12.0. The molecule has 1 aliphatic rings. The van der Waals surface area contributed by atoms with Gasteiger partial charge in [0.05, 0.1) is 7.11 Å². The molecule has 0 amide bonds. The summed E-state index contributed by atoms with van der Waals surface area (Å²) < 4.78 is 10.2. The standard InChI is InChI=1S/C14H22N2O3/c1-14(2,3)13-15-11(19-16-13)10(12(17)18-4)9-7-5-6-8-9/h9-10H,5-8H2,1-4H3. The predicted molar refractivity (Wildman–Crippen MR) is 69.7 cm³/mol. The molecule has 1 aromatic heterocycles. The number of rotatable bonds is 3. The van der Waals surface area contributed by atoms with Gasteiger partial charge in [-0.3, -0.25) is 4.79 Å². The van der Waals surface area contributed by atoms with Gasteiger partial charge in [0.2, 0.25) is 5.89 Å². The van der Waals surface area contributed by atoms with Gasteiger partial charge in [-0.05, 0) is 18.8 Å². The van der Waals surface area contributed by atoms with Gasteiger partial charge in [-0.1, -0.05) is 38.8 Å². The monoisotopic (exact) mass is 266 g/mol. The highest BCUT2D eigenvalue weighted by atomic mass is 16.5. The lowest BCUT2D eigenvalue weighted by Crippen LogP contribution is -2.22. The smallest absolute Gasteiger partial charge is 0.318 e. The van der Waals surface area contributed by atoms with Gasteiger partial charge in [0.15, 0.2) is 5.82 Å². The number of ether oxygens (including phenoxy) is 1. The zero-order chi connectivity index (χ0) is 14.0. The van der Waals surface area contributed by atoms with Gasteiger partial charge in [-0.2, -0.15) is 4.98 Å². The molecular formula is C14H22N2O3. The summed E-state index contributed by atoms with van der Waals surface area (Å²) in [6.45, 7) is 6.05. The lowest BCUT2D eigenvalue weighted by atomic mass is 9.90. The van der Waals surface area contributed by atoms with Gasteiger partial charge in [0.25, 0.3) is 0 Å². The summed E-state index contributed by atoms with van der Waals surface area (Å²) in [6, 6.07) is 0. The fourth-order valence-electron chi connectivity index (χ4n) is 2.58. The van der Waals surface area contributed by atoms with Gasteiger partial charge in [0, 0.05) is 5.41 Å². The molecule has 0 aliphatic heterocycles. The van der Waals surface area contributed by atoms with Crippen LogP contribution >= 0.6 is 0 Å². The minimum Gasteiger partial charge on any atom is -0.468 e. The highest BCUT2D eigenvalue weighted by molar-refractivity contribution is 5.77. The quantitative estimate of drug-likeness (QED) is 0.787. The molecule has 5 nitrogen and oxygen atoms in total. The Bertz CT molecular complexity index is 442. The molecule has 1 aliphatic carbocycles. The Morgan fingerprint density at radius 1 is 1.37 bits per heavy atom. The van der Waals surface area contributed by atoms with Crippen LogP contribution in [0.5, 0.6) is 0 Å². The van der Waals surface area contributed by atoms with Crippen LogP contribution in [0.2, 0.25) is 0 Å². The van der Waals surface area contributed by atoms with Crippen molar-refractivity contribution in [3.63, 3.8) is 0 Å². The number of aromatic nitrogens is 2. The number of carbonyl (C=O) groups excluding carboxylic acids is 1. The molecule has 106 valence electrons. The van der Waals surface area contributed by atoms with Crippen molar-refractivity contribution in [2.75, 3.05) is 7.11 Å². The van der Waals surface area contributed by atoms with E-state index in [-0.39, 0.29) is 17.3 Å². The minimum absolute atomic E-state index is 0.182. The Labute approximate surface area is 113 Å². The number of nitrogens with zero attached hydrogens (tertiary/aromatic N) is 2. The van der Waals surface area contributed by atoms with Crippen molar-refractivity contribution in [1.82, 2.24) is 10.1 Å². The molecule has 0 spiro atoms. The van der Waals surface area contributed by atoms with Gasteiger partial charge in [-0.25, -0.2) is 0 Å². The molecule has 0 radical (unpaired) electrons. The first kappa shape index (κ1) is 14.0. The molecule has 19 heavy (non-hydrogen) atoms. The molecule has 1 unspecified atom stereocenters. The summed E-state index contributed by atoms with van der Waals surface area (Å²) in [6.07, 6.45) is 4.34. The Morgan fingerprint density at radius 2 is 2.00 bits per heavy atom. The third-order valence-electron chi connectivity index (χ3n) is 3.70. The second-order valence-corrected chi connectivity index (χ2v) is 6.25. The molecule has 0 bridgehead atoms. The second-order valence-electron chi connectivity index (χ2n) is 6.25. The number of carbonyl (C=O) groups is 1. The van der Waals surface area contributed by atoms with Crippen LogP contribution in [-0.2, 0) is 14.9 Å². The van der Waals surface area contributed by atoms with Crippen LogP contribution in [0.1, 0.15) is 64.1 Å². The Kier molecular flexibility index (Phi) is 3.92. The first-order valence-corrected chi connectivity index (χ1v) is 6.85. The van der Waals surface area contributed by atoms with E-state index in [2.05, 4.69) is 10.1 Å². The van der Waals surface area contributed by atoms with E-state index >= 15 is 0 Å². The van der Waals surface area contributed by atoms with Crippen molar-refractivity contribution in [3.05, 3.63) is 11.7 Å². The summed E-state index contributed by atoms with van der Waals surface area (Å²) in [4.78, 5) is 16.4. The average Bonchev–Trinajstić information content (AvgIpc) is 2.99. The fourth-order valence-corrected chi connectivity index (χ4v) is 2.58. The molecule has 0 N–H and O–H groups in total. The topological polar surface area (TPSA) is 65.2 Å². The Morgan fingerprint density at radius 3 is 2.47 bits per heavy atom. The number of hydrogen-bond donors (Lipinski definition) is 0. The molecule has 1 heterocycles. The van der Waals surface area contributed by atoms with Crippen molar-refractivity contribution in [1.29, 1.82) is 0 Å². The summed E-state index contributed by atoms with van der Waals surface area (Å²) in [5, 5.41) is 4.00. The van der Waals surface area contributed by atoms with Crippen molar-refractivity contribution >= 4 is 5.97 Å². The van der Waals surface area contributed by atoms with E-state index in [0.29, 0.717) is 11.7 Å². The van der Waals surface area contributed by atoms with E-state index in [1.807, 2.05) is 20.8 Å². The number of hydrogen-bond acceptors (Lipinski definition) is 5. The third-order valence-corrected chi connectivity index (χ3v) is 3.70.